The van der Waals surface area contributed by atoms with E-state index in [0.717, 1.165) is 45.1 Å². The molecule has 0 aromatic rings. The largest absolute Gasteiger partial charge is 0.466 e. The van der Waals surface area contributed by atoms with Crippen LogP contribution in [0.2, 0.25) is 0 Å². The van der Waals surface area contributed by atoms with Gasteiger partial charge in [0, 0.05) is 12.0 Å². The summed E-state index contributed by atoms with van der Waals surface area (Å²) in [6, 6.07) is 0. The second-order valence-electron chi connectivity index (χ2n) is 7.15. The summed E-state index contributed by atoms with van der Waals surface area (Å²) in [5.41, 5.74) is -0.130. The van der Waals surface area contributed by atoms with Crippen molar-refractivity contribution in [2.75, 3.05) is 19.8 Å². The third kappa shape index (κ3) is 3.06. The summed E-state index contributed by atoms with van der Waals surface area (Å²) in [6.45, 7) is 3.57. The fourth-order valence-corrected chi connectivity index (χ4v) is 4.40. The standard InChI is InChI=1S/C17H26O5/c1-2-20-14(19)9-13(18)17-7-6-16(10-17,11-17)12-22-15-5-3-4-8-21-15/h15H,2-12H2,1H3. The zero-order valence-corrected chi connectivity index (χ0v) is 13.4. The van der Waals surface area contributed by atoms with E-state index in [1.165, 1.54) is 6.42 Å². The molecule has 1 aliphatic heterocycles. The van der Waals surface area contributed by atoms with Crippen molar-refractivity contribution in [3.05, 3.63) is 0 Å². The van der Waals surface area contributed by atoms with Crippen molar-refractivity contribution in [1.82, 2.24) is 0 Å². The van der Waals surface area contributed by atoms with E-state index < -0.39 is 5.97 Å². The van der Waals surface area contributed by atoms with Gasteiger partial charge in [-0.3, -0.25) is 9.59 Å². The molecule has 3 saturated carbocycles. The third-order valence-electron chi connectivity index (χ3n) is 5.48. The molecule has 0 radical (unpaired) electrons. The Hall–Kier alpha value is -0.940. The van der Waals surface area contributed by atoms with Gasteiger partial charge in [-0.05, 0) is 57.3 Å². The second-order valence-corrected chi connectivity index (χ2v) is 7.15. The molecule has 0 amide bonds. The molecular weight excluding hydrogens is 284 g/mol. The van der Waals surface area contributed by atoms with Gasteiger partial charge < -0.3 is 14.2 Å². The lowest BCUT2D eigenvalue weighted by Crippen LogP contribution is -2.46. The lowest BCUT2D eigenvalue weighted by Gasteiger charge is -2.46. The molecule has 5 heteroatoms. The van der Waals surface area contributed by atoms with Gasteiger partial charge >= 0.3 is 5.97 Å². The lowest BCUT2D eigenvalue weighted by molar-refractivity contribution is -0.190. The predicted molar refractivity (Wildman–Crippen MR) is 79.1 cm³/mol. The molecule has 0 aromatic carbocycles. The Bertz CT molecular complexity index is 432. The number of Topliss-reactive ketones (excluding diaryl/α,β-unsaturated/α-hetero) is 1. The van der Waals surface area contributed by atoms with Gasteiger partial charge in [-0.15, -0.1) is 0 Å². The van der Waals surface area contributed by atoms with Crippen LogP contribution in [-0.2, 0) is 23.8 Å². The molecule has 1 heterocycles. The van der Waals surface area contributed by atoms with Crippen LogP contribution in [-0.4, -0.2) is 37.9 Å². The molecule has 5 nitrogen and oxygen atoms in total. The first-order chi connectivity index (χ1) is 10.6. The van der Waals surface area contributed by atoms with Crippen LogP contribution < -0.4 is 0 Å². The van der Waals surface area contributed by atoms with E-state index in [1.54, 1.807) is 6.92 Å². The van der Waals surface area contributed by atoms with E-state index in [4.69, 9.17) is 14.2 Å². The van der Waals surface area contributed by atoms with Crippen molar-refractivity contribution < 1.29 is 23.8 Å². The number of hydrogen-bond acceptors (Lipinski definition) is 5. The molecule has 4 rings (SSSR count). The zero-order valence-electron chi connectivity index (χ0n) is 13.4. The third-order valence-corrected chi connectivity index (χ3v) is 5.48. The normalized spacial score (nSPS) is 36.7. The molecule has 22 heavy (non-hydrogen) atoms. The number of carbonyl (C=O) groups excluding carboxylic acids is 2. The second kappa shape index (κ2) is 6.28. The summed E-state index contributed by atoms with van der Waals surface area (Å²) in [6.07, 6.45) is 6.77. The highest BCUT2D eigenvalue weighted by Gasteiger charge is 2.64. The van der Waals surface area contributed by atoms with E-state index in [0.29, 0.717) is 13.2 Å². The summed E-state index contributed by atoms with van der Waals surface area (Å²) in [4.78, 5) is 23.9. The molecule has 1 unspecified atom stereocenters. The number of carbonyl (C=O) groups is 2. The molecule has 124 valence electrons. The smallest absolute Gasteiger partial charge is 0.313 e. The van der Waals surface area contributed by atoms with Crippen LogP contribution in [0.25, 0.3) is 0 Å². The fraction of sp³-hybridized carbons (Fsp3) is 0.882. The highest BCUT2D eigenvalue weighted by molar-refractivity contribution is 5.99. The van der Waals surface area contributed by atoms with Crippen molar-refractivity contribution in [1.29, 1.82) is 0 Å². The Balaban J connectivity index is 1.46. The maximum atomic E-state index is 12.4. The van der Waals surface area contributed by atoms with Crippen LogP contribution in [0.3, 0.4) is 0 Å². The maximum Gasteiger partial charge on any atom is 0.313 e. The number of ketones is 1. The first kappa shape index (κ1) is 15.9. The van der Waals surface area contributed by atoms with E-state index in [2.05, 4.69) is 0 Å². The molecule has 0 N–H and O–H groups in total. The summed E-state index contributed by atoms with van der Waals surface area (Å²) in [5.74, 6) is -0.328. The molecule has 1 atom stereocenters. The highest BCUT2D eigenvalue weighted by atomic mass is 16.7. The zero-order chi connectivity index (χ0) is 15.6. The van der Waals surface area contributed by atoms with Gasteiger partial charge in [-0.1, -0.05) is 0 Å². The Morgan fingerprint density at radius 2 is 2.05 bits per heavy atom. The van der Waals surface area contributed by atoms with Crippen LogP contribution >= 0.6 is 0 Å². The van der Waals surface area contributed by atoms with Gasteiger partial charge in [0.2, 0.25) is 0 Å². The molecule has 2 bridgehead atoms. The molecule has 0 aromatic heterocycles. The van der Waals surface area contributed by atoms with E-state index in [-0.39, 0.29) is 29.3 Å². The molecular formula is C17H26O5. The summed E-state index contributed by atoms with van der Waals surface area (Å²) in [7, 11) is 0. The SMILES string of the molecule is CCOC(=O)CC(=O)C12CCC(COC3CCCCO3)(C1)C2. The number of fused-ring (bicyclic) bond motifs is 1. The summed E-state index contributed by atoms with van der Waals surface area (Å²) >= 11 is 0. The Labute approximate surface area is 131 Å². The molecule has 4 fully saturated rings. The van der Waals surface area contributed by atoms with Crippen molar-refractivity contribution in [2.24, 2.45) is 10.8 Å². The first-order valence-corrected chi connectivity index (χ1v) is 8.50. The molecule has 0 spiro atoms. The topological polar surface area (TPSA) is 61.8 Å². The van der Waals surface area contributed by atoms with Crippen LogP contribution in [0.5, 0.6) is 0 Å². The predicted octanol–water partition coefficient (Wildman–Crippen LogP) is 2.61. The first-order valence-electron chi connectivity index (χ1n) is 8.50. The van der Waals surface area contributed by atoms with Crippen molar-refractivity contribution in [3.63, 3.8) is 0 Å². The van der Waals surface area contributed by atoms with Crippen LogP contribution in [0.4, 0.5) is 0 Å². The molecule has 3 aliphatic carbocycles. The highest BCUT2D eigenvalue weighted by Crippen LogP contribution is 2.67. The average molecular weight is 310 g/mol. The molecule has 1 saturated heterocycles. The monoisotopic (exact) mass is 310 g/mol. The number of rotatable bonds is 7. The van der Waals surface area contributed by atoms with E-state index in [9.17, 15) is 9.59 Å². The number of esters is 1. The van der Waals surface area contributed by atoms with Gasteiger partial charge in [-0.2, -0.15) is 0 Å². The van der Waals surface area contributed by atoms with Crippen LogP contribution in [0, 0.1) is 10.8 Å². The Morgan fingerprint density at radius 3 is 2.73 bits per heavy atom. The van der Waals surface area contributed by atoms with Crippen LogP contribution in [0.1, 0.15) is 58.3 Å². The number of hydrogen-bond donors (Lipinski definition) is 0. The van der Waals surface area contributed by atoms with Crippen molar-refractivity contribution in [3.8, 4) is 0 Å². The minimum absolute atomic E-state index is 0.0611. The van der Waals surface area contributed by atoms with Crippen molar-refractivity contribution >= 4 is 11.8 Å². The van der Waals surface area contributed by atoms with Crippen LogP contribution in [0.15, 0.2) is 0 Å². The van der Waals surface area contributed by atoms with Gasteiger partial charge in [0.1, 0.15) is 12.2 Å². The lowest BCUT2D eigenvalue weighted by atomic mass is 9.58. The Kier molecular flexibility index (Phi) is 4.55. The maximum absolute atomic E-state index is 12.4. The quantitative estimate of drug-likeness (QED) is 0.534. The fourth-order valence-electron chi connectivity index (χ4n) is 4.40. The van der Waals surface area contributed by atoms with Gasteiger partial charge in [-0.25, -0.2) is 0 Å². The molecule has 4 aliphatic rings. The minimum atomic E-state index is -0.391. The average Bonchev–Trinajstić information content (AvgIpc) is 3.03. The summed E-state index contributed by atoms with van der Waals surface area (Å²) in [5, 5.41) is 0. The van der Waals surface area contributed by atoms with Gasteiger partial charge in [0.25, 0.3) is 0 Å². The number of ether oxygens (including phenoxy) is 3. The van der Waals surface area contributed by atoms with E-state index in [1.807, 2.05) is 0 Å². The van der Waals surface area contributed by atoms with Gasteiger partial charge in [0.05, 0.1) is 13.2 Å². The van der Waals surface area contributed by atoms with Crippen molar-refractivity contribution in [2.45, 2.75) is 64.6 Å². The Morgan fingerprint density at radius 1 is 1.23 bits per heavy atom. The van der Waals surface area contributed by atoms with E-state index >= 15 is 0 Å². The van der Waals surface area contributed by atoms with Gasteiger partial charge in [0.15, 0.2) is 6.29 Å². The minimum Gasteiger partial charge on any atom is -0.466 e. The summed E-state index contributed by atoms with van der Waals surface area (Å²) < 4.78 is 16.4.